The second-order valence-electron chi connectivity index (χ2n) is 4.99. The van der Waals surface area contributed by atoms with Crippen molar-refractivity contribution in [1.82, 2.24) is 0 Å². The molecule has 0 aliphatic rings. The number of ether oxygens (including phenoxy) is 3. The Morgan fingerprint density at radius 3 is 2.42 bits per heavy atom. The summed E-state index contributed by atoms with van der Waals surface area (Å²) in [6.07, 6.45) is -5.29. The van der Waals surface area contributed by atoms with Gasteiger partial charge in [0.1, 0.15) is 5.84 Å². The van der Waals surface area contributed by atoms with Crippen LogP contribution in [0.2, 0.25) is 0 Å². The molecule has 138 valence electrons. The molecule has 0 saturated carbocycles. The third kappa shape index (κ3) is 4.21. The summed E-state index contributed by atoms with van der Waals surface area (Å²) in [4.78, 5) is 22.1. The van der Waals surface area contributed by atoms with Gasteiger partial charge in [-0.15, -0.1) is 0 Å². The van der Waals surface area contributed by atoms with Crippen LogP contribution < -0.4 is 15.2 Å². The van der Waals surface area contributed by atoms with Crippen LogP contribution in [0.3, 0.4) is 0 Å². The zero-order valence-corrected chi connectivity index (χ0v) is 13.3. The Morgan fingerprint density at radius 2 is 1.85 bits per heavy atom. The first kappa shape index (κ1) is 19.0. The summed E-state index contributed by atoms with van der Waals surface area (Å²) >= 11 is 0. The van der Waals surface area contributed by atoms with Gasteiger partial charge < -0.3 is 19.9 Å². The molecule has 0 aliphatic carbocycles. The minimum Gasteiger partial charge on any atom is -0.493 e. The molecule has 0 bridgehead atoms. The molecule has 7 nitrogen and oxygen atoms in total. The molecule has 3 N–H and O–H groups in total. The van der Waals surface area contributed by atoms with Gasteiger partial charge in [0.2, 0.25) is 0 Å². The van der Waals surface area contributed by atoms with E-state index in [-0.39, 0.29) is 17.3 Å². The topological polar surface area (TPSA) is 112 Å². The van der Waals surface area contributed by atoms with Gasteiger partial charge in [0.15, 0.2) is 18.1 Å². The van der Waals surface area contributed by atoms with Crippen LogP contribution in [-0.2, 0) is 14.3 Å². The van der Waals surface area contributed by atoms with Crippen molar-refractivity contribution in [3.05, 3.63) is 35.9 Å². The first-order chi connectivity index (χ1) is 12.1. The van der Waals surface area contributed by atoms with E-state index in [2.05, 4.69) is 4.74 Å². The van der Waals surface area contributed by atoms with Crippen LogP contribution in [-0.4, -0.2) is 37.7 Å². The van der Waals surface area contributed by atoms with E-state index in [1.54, 1.807) is 18.2 Å². The van der Waals surface area contributed by atoms with Crippen LogP contribution in [0.5, 0.6) is 11.5 Å². The highest BCUT2D eigenvalue weighted by Gasteiger charge is 2.42. The van der Waals surface area contributed by atoms with Gasteiger partial charge in [0.05, 0.1) is 7.11 Å². The highest BCUT2D eigenvalue weighted by molar-refractivity contribution is 6.01. The lowest BCUT2D eigenvalue weighted by atomic mass is 10.0. The molecule has 0 fully saturated rings. The molecule has 0 spiro atoms. The fraction of sp³-hybridized carbons (Fsp3) is 0.188. The highest BCUT2D eigenvalue weighted by Crippen LogP contribution is 2.36. The number of methoxy groups -OCH3 is 1. The average Bonchev–Trinajstić information content (AvgIpc) is 2.57. The quantitative estimate of drug-likeness (QED) is 0.361. The number of nitrogen functional groups attached to an aromatic ring is 1. The van der Waals surface area contributed by atoms with E-state index in [0.29, 0.717) is 16.3 Å². The monoisotopic (exact) mass is 370 g/mol. The molecule has 0 atom stereocenters. The Morgan fingerprint density at radius 1 is 1.19 bits per heavy atom. The second kappa shape index (κ2) is 7.30. The number of esters is 2. The van der Waals surface area contributed by atoms with Crippen molar-refractivity contribution in [1.29, 1.82) is 5.41 Å². The van der Waals surface area contributed by atoms with Crippen LogP contribution >= 0.6 is 0 Å². The number of benzene rings is 2. The molecule has 0 amide bonds. The minimum atomic E-state index is -5.29. The summed E-state index contributed by atoms with van der Waals surface area (Å²) in [5.74, 6) is -4.14. The Labute approximate surface area is 144 Å². The molecule has 0 heterocycles. The zero-order valence-electron chi connectivity index (χ0n) is 13.3. The third-order valence-corrected chi connectivity index (χ3v) is 3.24. The van der Waals surface area contributed by atoms with Gasteiger partial charge >= 0.3 is 18.1 Å². The van der Waals surface area contributed by atoms with E-state index in [1.807, 2.05) is 0 Å². The first-order valence-electron chi connectivity index (χ1n) is 7.03. The standard InChI is InChI=1S/C16H13F3N2O5/c1-24-11-5-4-8-2-3-9(14(20)21)6-10(8)13(11)25-7-12(22)26-15(23)16(17,18)19/h2-6H,7H2,1H3,(H3,20,21). The second-order valence-corrected chi connectivity index (χ2v) is 4.99. The van der Waals surface area contributed by atoms with Gasteiger partial charge in [-0.2, -0.15) is 13.2 Å². The number of fused-ring (bicyclic) bond motifs is 1. The Hall–Kier alpha value is -3.30. The van der Waals surface area contributed by atoms with Crippen LogP contribution in [0.25, 0.3) is 10.8 Å². The summed E-state index contributed by atoms with van der Waals surface area (Å²) in [5, 5.41) is 8.53. The van der Waals surface area contributed by atoms with Crippen LogP contribution in [0.15, 0.2) is 30.3 Å². The van der Waals surface area contributed by atoms with E-state index in [0.717, 1.165) is 0 Å². The summed E-state index contributed by atoms with van der Waals surface area (Å²) < 4.78 is 50.3. The van der Waals surface area contributed by atoms with Crippen molar-refractivity contribution < 1.29 is 37.0 Å². The lowest BCUT2D eigenvalue weighted by Crippen LogP contribution is -2.30. The van der Waals surface area contributed by atoms with Crippen molar-refractivity contribution in [2.24, 2.45) is 5.73 Å². The number of rotatable bonds is 5. The summed E-state index contributed by atoms with van der Waals surface area (Å²) in [6, 6.07) is 7.94. The lowest BCUT2D eigenvalue weighted by molar-refractivity contribution is -0.202. The molecule has 0 unspecified atom stereocenters. The number of nitrogens with one attached hydrogen (secondary N) is 1. The predicted octanol–water partition coefficient (Wildman–Crippen LogP) is 2.14. The maximum Gasteiger partial charge on any atom is 0.491 e. The fourth-order valence-corrected chi connectivity index (χ4v) is 2.07. The van der Waals surface area contributed by atoms with Gasteiger partial charge in [-0.1, -0.05) is 18.2 Å². The minimum absolute atomic E-state index is 0.0320. The van der Waals surface area contributed by atoms with Crippen LogP contribution in [0, 0.1) is 5.41 Å². The van der Waals surface area contributed by atoms with E-state index in [4.69, 9.17) is 20.6 Å². The van der Waals surface area contributed by atoms with Gasteiger partial charge in [0, 0.05) is 10.9 Å². The maximum absolute atomic E-state index is 12.1. The molecule has 26 heavy (non-hydrogen) atoms. The van der Waals surface area contributed by atoms with Gasteiger partial charge in [-0.05, 0) is 17.5 Å². The van der Waals surface area contributed by atoms with Gasteiger partial charge in [-0.3, -0.25) is 5.41 Å². The smallest absolute Gasteiger partial charge is 0.491 e. The zero-order chi connectivity index (χ0) is 19.5. The molecule has 10 heteroatoms. The Balaban J connectivity index is 2.29. The summed E-state index contributed by atoms with van der Waals surface area (Å²) in [5.41, 5.74) is 5.80. The van der Waals surface area contributed by atoms with Crippen molar-refractivity contribution in [2.75, 3.05) is 13.7 Å². The van der Waals surface area contributed by atoms with Gasteiger partial charge in [0.25, 0.3) is 0 Å². The summed E-state index contributed by atoms with van der Waals surface area (Å²) in [7, 11) is 1.33. The fourth-order valence-electron chi connectivity index (χ4n) is 2.07. The average molecular weight is 370 g/mol. The molecule has 0 aliphatic heterocycles. The van der Waals surface area contributed by atoms with E-state index < -0.39 is 24.7 Å². The number of nitrogens with two attached hydrogens (primary N) is 1. The van der Waals surface area contributed by atoms with Crippen molar-refractivity contribution in [3.8, 4) is 11.5 Å². The SMILES string of the molecule is COc1ccc2ccc(C(=N)N)cc2c1OCC(=O)OC(=O)C(F)(F)F. The predicted molar refractivity (Wildman–Crippen MR) is 84.2 cm³/mol. The van der Waals surface area contributed by atoms with Crippen molar-refractivity contribution in [2.45, 2.75) is 6.18 Å². The number of amidine groups is 1. The third-order valence-electron chi connectivity index (χ3n) is 3.24. The van der Waals surface area contributed by atoms with Gasteiger partial charge in [-0.25, -0.2) is 9.59 Å². The molecule has 2 aromatic carbocycles. The normalized spacial score (nSPS) is 11.1. The lowest BCUT2D eigenvalue weighted by Gasteiger charge is -2.14. The first-order valence-corrected chi connectivity index (χ1v) is 7.03. The van der Waals surface area contributed by atoms with E-state index >= 15 is 0 Å². The Bertz CT molecular complexity index is 880. The maximum atomic E-state index is 12.1. The van der Waals surface area contributed by atoms with Crippen molar-refractivity contribution in [3.63, 3.8) is 0 Å². The molecule has 0 radical (unpaired) electrons. The number of carbonyl (C=O) groups is 2. The molecule has 0 saturated heterocycles. The summed E-state index contributed by atoms with van der Waals surface area (Å²) in [6.45, 7) is -0.957. The van der Waals surface area contributed by atoms with E-state index in [1.165, 1.54) is 19.2 Å². The molecule has 2 aromatic rings. The van der Waals surface area contributed by atoms with Crippen LogP contribution in [0.4, 0.5) is 13.2 Å². The Kier molecular flexibility index (Phi) is 5.34. The number of hydrogen-bond donors (Lipinski definition) is 2. The highest BCUT2D eigenvalue weighted by atomic mass is 19.4. The number of hydrogen-bond acceptors (Lipinski definition) is 6. The molecule has 2 rings (SSSR count). The van der Waals surface area contributed by atoms with Crippen molar-refractivity contribution >= 4 is 28.5 Å². The number of alkyl halides is 3. The largest absolute Gasteiger partial charge is 0.493 e. The van der Waals surface area contributed by atoms with Crippen LogP contribution in [0.1, 0.15) is 5.56 Å². The number of halogens is 3. The molecule has 0 aromatic heterocycles. The number of carbonyl (C=O) groups excluding carboxylic acids is 2. The van der Waals surface area contributed by atoms with E-state index in [9.17, 15) is 22.8 Å². The molecular weight excluding hydrogens is 357 g/mol. The molecular formula is C16H13F3N2O5.